The molecule has 0 heterocycles. The topological polar surface area (TPSA) is 40.5 Å². The number of aliphatic hydroxyl groups is 2. The van der Waals surface area contributed by atoms with Crippen LogP contribution in [0.4, 0.5) is 0 Å². The van der Waals surface area contributed by atoms with Crippen molar-refractivity contribution in [1.82, 2.24) is 0 Å². The highest BCUT2D eigenvalue weighted by molar-refractivity contribution is 5.29. The van der Waals surface area contributed by atoms with Gasteiger partial charge in [0.1, 0.15) is 0 Å². The van der Waals surface area contributed by atoms with Gasteiger partial charge in [0.15, 0.2) is 0 Å². The molecule has 0 aliphatic carbocycles. The molecule has 11 heavy (non-hydrogen) atoms. The van der Waals surface area contributed by atoms with Crippen molar-refractivity contribution in [2.75, 3.05) is 13.2 Å². The summed E-state index contributed by atoms with van der Waals surface area (Å²) < 4.78 is 0. The summed E-state index contributed by atoms with van der Waals surface area (Å²) in [6.45, 7) is 1.66. The van der Waals surface area contributed by atoms with Crippen LogP contribution in [0.2, 0.25) is 0 Å². The van der Waals surface area contributed by atoms with E-state index in [1.165, 1.54) is 6.08 Å². The van der Waals surface area contributed by atoms with Crippen LogP contribution in [0.25, 0.3) is 0 Å². The lowest BCUT2D eigenvalue weighted by atomic mass is 10.2. The van der Waals surface area contributed by atoms with Crippen molar-refractivity contribution in [2.45, 2.75) is 6.92 Å². The molecule has 2 heteroatoms. The summed E-state index contributed by atoms with van der Waals surface area (Å²) in [5.41, 5.74) is 1.42. The van der Waals surface area contributed by atoms with E-state index in [1.807, 2.05) is 0 Å². The average Bonchev–Trinajstić information content (AvgIpc) is 2.03. The van der Waals surface area contributed by atoms with Gasteiger partial charge in [0.2, 0.25) is 0 Å². The van der Waals surface area contributed by atoms with Crippen molar-refractivity contribution in [1.29, 1.82) is 0 Å². The lowest BCUT2D eigenvalue weighted by Crippen LogP contribution is -1.90. The Morgan fingerprint density at radius 3 is 2.45 bits per heavy atom. The lowest BCUT2D eigenvalue weighted by Gasteiger charge is -1.96. The van der Waals surface area contributed by atoms with E-state index in [1.54, 1.807) is 13.0 Å². The lowest BCUT2D eigenvalue weighted by molar-refractivity contribution is 0.327. The quantitative estimate of drug-likeness (QED) is 0.456. The zero-order valence-corrected chi connectivity index (χ0v) is 6.54. The van der Waals surface area contributed by atoms with Crippen LogP contribution in [0, 0.1) is 12.3 Å². The second-order valence-corrected chi connectivity index (χ2v) is 2.19. The second-order valence-electron chi connectivity index (χ2n) is 2.19. The molecular weight excluding hydrogens is 140 g/mol. The van der Waals surface area contributed by atoms with Gasteiger partial charge >= 0.3 is 0 Å². The van der Waals surface area contributed by atoms with Crippen molar-refractivity contribution < 1.29 is 10.2 Å². The molecule has 0 aliphatic heterocycles. The molecule has 0 saturated carbocycles. The van der Waals surface area contributed by atoms with E-state index >= 15 is 0 Å². The monoisotopic (exact) mass is 152 g/mol. The molecule has 0 fully saturated rings. The Morgan fingerprint density at radius 1 is 1.45 bits per heavy atom. The summed E-state index contributed by atoms with van der Waals surface area (Å²) in [5.74, 6) is 2.30. The maximum atomic E-state index is 8.71. The van der Waals surface area contributed by atoms with Gasteiger partial charge in [-0.05, 0) is 24.1 Å². The summed E-state index contributed by atoms with van der Waals surface area (Å²) in [7, 11) is 0. The molecule has 0 spiro atoms. The predicted molar refractivity (Wildman–Crippen MR) is 44.8 cm³/mol. The molecule has 0 aromatic carbocycles. The van der Waals surface area contributed by atoms with Crippen molar-refractivity contribution in [3.63, 3.8) is 0 Å². The molecule has 2 N–H and O–H groups in total. The molecule has 0 saturated heterocycles. The highest BCUT2D eigenvalue weighted by Gasteiger charge is 1.90. The second kappa shape index (κ2) is 5.72. The summed E-state index contributed by atoms with van der Waals surface area (Å²) >= 11 is 0. The highest BCUT2D eigenvalue weighted by atomic mass is 16.3. The van der Waals surface area contributed by atoms with Crippen molar-refractivity contribution >= 4 is 0 Å². The predicted octanol–water partition coefficient (Wildman–Crippen LogP) is 0.477. The van der Waals surface area contributed by atoms with Gasteiger partial charge in [-0.25, -0.2) is 0 Å². The van der Waals surface area contributed by atoms with Gasteiger partial charge in [0.25, 0.3) is 0 Å². The molecule has 0 aromatic rings. The number of allylic oxidation sites excluding steroid dienone is 1. The van der Waals surface area contributed by atoms with E-state index in [-0.39, 0.29) is 13.2 Å². The molecule has 0 bridgehead atoms. The largest absolute Gasteiger partial charge is 0.392 e. The first kappa shape index (κ1) is 9.96. The third-order valence-corrected chi connectivity index (χ3v) is 1.13. The highest BCUT2D eigenvalue weighted by Crippen LogP contribution is 1.99. The van der Waals surface area contributed by atoms with Crippen LogP contribution in [0.5, 0.6) is 0 Å². The molecular formula is C9H12O2. The van der Waals surface area contributed by atoms with Crippen molar-refractivity contribution in [2.24, 2.45) is 0 Å². The molecule has 0 radical (unpaired) electrons. The molecule has 0 amide bonds. The third kappa shape index (κ3) is 4.38. The maximum absolute atomic E-state index is 8.71. The van der Waals surface area contributed by atoms with Gasteiger partial charge in [-0.15, -0.1) is 6.42 Å². The van der Waals surface area contributed by atoms with E-state index in [0.29, 0.717) is 5.57 Å². The average molecular weight is 152 g/mol. The summed E-state index contributed by atoms with van der Waals surface area (Å²) in [6.07, 6.45) is 8.13. The number of aliphatic hydroxyl groups excluding tert-OH is 2. The normalized spacial score (nSPS) is 12.9. The Kier molecular flexibility index (Phi) is 5.18. The minimum Gasteiger partial charge on any atom is -0.392 e. The summed E-state index contributed by atoms with van der Waals surface area (Å²) in [6, 6.07) is 0. The van der Waals surface area contributed by atoms with Crippen molar-refractivity contribution in [3.05, 3.63) is 23.3 Å². The molecule has 0 atom stereocenters. The van der Waals surface area contributed by atoms with Crippen LogP contribution in [-0.2, 0) is 0 Å². The van der Waals surface area contributed by atoms with Gasteiger partial charge < -0.3 is 10.2 Å². The minimum atomic E-state index is -0.0957. The Hall–Kier alpha value is -1.04. The first-order chi connectivity index (χ1) is 5.24. The maximum Gasteiger partial charge on any atom is 0.0688 e. The van der Waals surface area contributed by atoms with Gasteiger partial charge in [-0.3, -0.25) is 0 Å². The van der Waals surface area contributed by atoms with E-state index in [2.05, 4.69) is 5.92 Å². The van der Waals surface area contributed by atoms with Crippen LogP contribution in [0.15, 0.2) is 23.3 Å². The fraction of sp³-hybridized carbons (Fsp3) is 0.333. The third-order valence-electron chi connectivity index (χ3n) is 1.13. The number of rotatable bonds is 3. The van der Waals surface area contributed by atoms with E-state index in [0.717, 1.165) is 5.57 Å². The van der Waals surface area contributed by atoms with Gasteiger partial charge in [-0.2, -0.15) is 0 Å². The molecule has 60 valence electrons. The number of hydrogen-bond acceptors (Lipinski definition) is 2. The molecule has 0 rings (SSSR count). The first-order valence-corrected chi connectivity index (χ1v) is 3.28. The van der Waals surface area contributed by atoms with E-state index < -0.39 is 0 Å². The number of terminal acetylenes is 1. The smallest absolute Gasteiger partial charge is 0.0688 e. The Balaban J connectivity index is 4.32. The fourth-order valence-electron chi connectivity index (χ4n) is 0.602. The van der Waals surface area contributed by atoms with Gasteiger partial charge in [0.05, 0.1) is 13.2 Å². The van der Waals surface area contributed by atoms with E-state index in [4.69, 9.17) is 16.6 Å². The summed E-state index contributed by atoms with van der Waals surface area (Å²) in [5, 5.41) is 17.3. The number of hydrogen-bond donors (Lipinski definition) is 2. The first-order valence-electron chi connectivity index (χ1n) is 3.28. The summed E-state index contributed by atoms with van der Waals surface area (Å²) in [4.78, 5) is 0. The fourth-order valence-corrected chi connectivity index (χ4v) is 0.602. The van der Waals surface area contributed by atoms with Gasteiger partial charge in [0, 0.05) is 0 Å². The van der Waals surface area contributed by atoms with Crippen LogP contribution in [-0.4, -0.2) is 23.4 Å². The SMILES string of the molecule is C#CC=C(C=C(C)CO)CO. The van der Waals surface area contributed by atoms with Crippen LogP contribution >= 0.6 is 0 Å². The Bertz CT molecular complexity index is 206. The Labute approximate surface area is 66.9 Å². The molecule has 0 unspecified atom stereocenters. The van der Waals surface area contributed by atoms with Crippen LogP contribution in [0.1, 0.15) is 6.92 Å². The standard InChI is InChI=1S/C9H12O2/c1-3-4-9(7-11)5-8(2)6-10/h1,4-5,10-11H,6-7H2,2H3. The molecule has 0 aliphatic rings. The van der Waals surface area contributed by atoms with Crippen LogP contribution in [0.3, 0.4) is 0 Å². The Morgan fingerprint density at radius 2 is 2.09 bits per heavy atom. The van der Waals surface area contributed by atoms with E-state index in [9.17, 15) is 0 Å². The minimum absolute atomic E-state index is 0.0120. The van der Waals surface area contributed by atoms with Crippen molar-refractivity contribution in [3.8, 4) is 12.3 Å². The zero-order valence-electron chi connectivity index (χ0n) is 6.54. The van der Waals surface area contributed by atoms with Gasteiger partial charge in [-0.1, -0.05) is 12.0 Å². The molecule has 0 aromatic heterocycles. The van der Waals surface area contributed by atoms with Crippen LogP contribution < -0.4 is 0 Å². The zero-order chi connectivity index (χ0) is 8.69. The molecule has 2 nitrogen and oxygen atoms in total.